The van der Waals surface area contributed by atoms with Gasteiger partial charge in [-0.2, -0.15) is 0 Å². The quantitative estimate of drug-likeness (QED) is 0.574. The summed E-state index contributed by atoms with van der Waals surface area (Å²) >= 11 is 4.82. The van der Waals surface area contributed by atoms with Crippen LogP contribution in [0.15, 0.2) is 24.3 Å². The van der Waals surface area contributed by atoms with Crippen LogP contribution in [0.3, 0.4) is 0 Å². The Kier molecular flexibility index (Phi) is 2.97. The highest BCUT2D eigenvalue weighted by Crippen LogP contribution is 2.13. The van der Waals surface area contributed by atoms with Gasteiger partial charge >= 0.3 is 0 Å². The number of carbonyl (C=O) groups excluding carboxylic acids is 1. The van der Waals surface area contributed by atoms with Gasteiger partial charge in [-0.15, -0.1) is 0 Å². The average molecular weight is 194 g/mol. The van der Waals surface area contributed by atoms with Crippen LogP contribution in [0.2, 0.25) is 0 Å². The highest BCUT2D eigenvalue weighted by Gasteiger charge is 2.01. The van der Waals surface area contributed by atoms with Crippen molar-refractivity contribution in [3.63, 3.8) is 0 Å². The summed E-state index contributed by atoms with van der Waals surface area (Å²) in [5.41, 5.74) is 6.99. The maximum atomic E-state index is 10.4. The fourth-order valence-corrected chi connectivity index (χ4v) is 1.07. The van der Waals surface area contributed by atoms with E-state index >= 15 is 0 Å². The van der Waals surface area contributed by atoms with Crippen molar-refractivity contribution >= 4 is 29.3 Å². The predicted molar refractivity (Wildman–Crippen MR) is 56.8 cm³/mol. The van der Waals surface area contributed by atoms with Crippen LogP contribution in [-0.4, -0.2) is 18.4 Å². The third-order valence-electron chi connectivity index (χ3n) is 1.70. The van der Waals surface area contributed by atoms with Crippen molar-refractivity contribution in [1.82, 2.24) is 0 Å². The Morgan fingerprint density at radius 2 is 2.31 bits per heavy atom. The molecule has 0 aliphatic carbocycles. The number of benzene rings is 1. The van der Waals surface area contributed by atoms with Crippen molar-refractivity contribution in [1.29, 1.82) is 0 Å². The van der Waals surface area contributed by atoms with E-state index in [1.807, 2.05) is 18.2 Å². The number of anilines is 1. The van der Waals surface area contributed by atoms with Crippen molar-refractivity contribution in [3.8, 4) is 0 Å². The molecule has 0 saturated heterocycles. The van der Waals surface area contributed by atoms with E-state index in [2.05, 4.69) is 0 Å². The Labute approximate surface area is 82.1 Å². The summed E-state index contributed by atoms with van der Waals surface area (Å²) in [6.07, 6.45) is 0.735. The molecule has 0 fully saturated rings. The standard InChI is InChI=1S/C9H10N2OS/c1-11(6-12)8-4-2-3-7(5-8)9(10)13/h2-6H,1H3,(H2,10,13). The molecule has 0 aliphatic heterocycles. The first-order valence-corrected chi connectivity index (χ1v) is 4.14. The number of hydrogen-bond acceptors (Lipinski definition) is 2. The van der Waals surface area contributed by atoms with Crippen LogP contribution in [0.25, 0.3) is 0 Å². The van der Waals surface area contributed by atoms with Gasteiger partial charge in [-0.1, -0.05) is 24.4 Å². The monoisotopic (exact) mass is 194 g/mol. The molecular formula is C9H10N2OS. The number of thiocarbonyl (C=S) groups is 1. The SMILES string of the molecule is CN(C=O)c1cccc(C(N)=S)c1. The van der Waals surface area contributed by atoms with Gasteiger partial charge in [0.05, 0.1) is 0 Å². The van der Waals surface area contributed by atoms with Crippen molar-refractivity contribution in [2.24, 2.45) is 5.73 Å². The van der Waals surface area contributed by atoms with Crippen LogP contribution >= 0.6 is 12.2 Å². The van der Waals surface area contributed by atoms with E-state index in [1.165, 1.54) is 4.90 Å². The number of nitrogens with zero attached hydrogens (tertiary/aromatic N) is 1. The smallest absolute Gasteiger partial charge is 0.213 e. The van der Waals surface area contributed by atoms with Crippen LogP contribution in [0.5, 0.6) is 0 Å². The maximum absolute atomic E-state index is 10.4. The minimum atomic E-state index is 0.334. The minimum Gasteiger partial charge on any atom is -0.389 e. The molecule has 1 aromatic rings. The largest absolute Gasteiger partial charge is 0.389 e. The number of amides is 1. The van der Waals surface area contributed by atoms with E-state index in [-0.39, 0.29) is 0 Å². The zero-order valence-corrected chi connectivity index (χ0v) is 8.04. The first-order valence-electron chi connectivity index (χ1n) is 3.73. The normalized spacial score (nSPS) is 9.31. The van der Waals surface area contributed by atoms with Gasteiger partial charge in [-0.3, -0.25) is 4.79 Å². The van der Waals surface area contributed by atoms with Gasteiger partial charge in [0.1, 0.15) is 4.99 Å². The molecule has 2 N–H and O–H groups in total. The molecule has 0 atom stereocenters. The lowest BCUT2D eigenvalue weighted by Gasteiger charge is -2.11. The fraction of sp³-hybridized carbons (Fsp3) is 0.111. The highest BCUT2D eigenvalue weighted by molar-refractivity contribution is 7.80. The predicted octanol–water partition coefficient (Wildman–Crippen LogP) is 0.913. The molecule has 0 saturated carbocycles. The average Bonchev–Trinajstić information content (AvgIpc) is 2.17. The van der Waals surface area contributed by atoms with E-state index in [0.717, 1.165) is 17.7 Å². The second kappa shape index (κ2) is 4.00. The number of nitrogens with two attached hydrogens (primary N) is 1. The summed E-state index contributed by atoms with van der Waals surface area (Å²) in [5.74, 6) is 0. The topological polar surface area (TPSA) is 46.3 Å². The van der Waals surface area contributed by atoms with E-state index < -0.39 is 0 Å². The summed E-state index contributed by atoms with van der Waals surface area (Å²) in [6.45, 7) is 0. The lowest BCUT2D eigenvalue weighted by atomic mass is 10.2. The first-order chi connectivity index (χ1) is 6.15. The molecule has 1 aromatic carbocycles. The van der Waals surface area contributed by atoms with Gasteiger partial charge in [-0.25, -0.2) is 0 Å². The third kappa shape index (κ3) is 2.26. The van der Waals surface area contributed by atoms with Crippen LogP contribution in [0.4, 0.5) is 5.69 Å². The van der Waals surface area contributed by atoms with Gasteiger partial charge in [0.15, 0.2) is 0 Å². The molecule has 1 amide bonds. The van der Waals surface area contributed by atoms with Crippen LogP contribution < -0.4 is 10.6 Å². The van der Waals surface area contributed by atoms with Crippen LogP contribution in [-0.2, 0) is 4.79 Å². The minimum absolute atomic E-state index is 0.334. The molecule has 0 heterocycles. The van der Waals surface area contributed by atoms with E-state index in [9.17, 15) is 4.79 Å². The molecule has 0 bridgehead atoms. The van der Waals surface area contributed by atoms with Gasteiger partial charge in [0.2, 0.25) is 6.41 Å². The Bertz CT molecular complexity index is 338. The van der Waals surface area contributed by atoms with E-state index in [1.54, 1.807) is 13.1 Å². The molecule has 0 aliphatic rings. The lowest BCUT2D eigenvalue weighted by Crippen LogP contribution is -2.15. The van der Waals surface area contributed by atoms with Crippen molar-refractivity contribution in [3.05, 3.63) is 29.8 Å². The van der Waals surface area contributed by atoms with Gasteiger partial charge in [0.25, 0.3) is 0 Å². The Morgan fingerprint density at radius 1 is 1.62 bits per heavy atom. The molecule has 1 rings (SSSR count). The third-order valence-corrected chi connectivity index (χ3v) is 1.93. The summed E-state index contributed by atoms with van der Waals surface area (Å²) in [7, 11) is 1.67. The highest BCUT2D eigenvalue weighted by atomic mass is 32.1. The second-order valence-electron chi connectivity index (χ2n) is 2.63. The summed E-state index contributed by atoms with van der Waals surface area (Å²) in [5, 5.41) is 0. The van der Waals surface area contributed by atoms with Gasteiger partial charge < -0.3 is 10.6 Å². The van der Waals surface area contributed by atoms with E-state index in [0.29, 0.717) is 4.99 Å². The first kappa shape index (κ1) is 9.67. The van der Waals surface area contributed by atoms with Crippen molar-refractivity contribution in [2.45, 2.75) is 0 Å². The number of hydrogen-bond donors (Lipinski definition) is 1. The van der Waals surface area contributed by atoms with Crippen molar-refractivity contribution < 1.29 is 4.79 Å². The number of rotatable bonds is 3. The summed E-state index contributed by atoms with van der Waals surface area (Å²) in [6, 6.07) is 7.21. The fourth-order valence-electron chi connectivity index (χ4n) is 0.939. The second-order valence-corrected chi connectivity index (χ2v) is 3.07. The molecule has 0 radical (unpaired) electrons. The molecule has 0 aromatic heterocycles. The maximum Gasteiger partial charge on any atom is 0.213 e. The summed E-state index contributed by atoms with van der Waals surface area (Å²) in [4.78, 5) is 12.2. The Morgan fingerprint density at radius 3 is 2.85 bits per heavy atom. The molecule has 68 valence electrons. The Balaban J connectivity index is 3.04. The number of carbonyl (C=O) groups is 1. The summed E-state index contributed by atoms with van der Waals surface area (Å²) < 4.78 is 0. The molecule has 3 nitrogen and oxygen atoms in total. The molecule has 0 spiro atoms. The zero-order chi connectivity index (χ0) is 9.84. The van der Waals surface area contributed by atoms with Gasteiger partial charge in [-0.05, 0) is 12.1 Å². The molecule has 13 heavy (non-hydrogen) atoms. The zero-order valence-electron chi connectivity index (χ0n) is 7.23. The van der Waals surface area contributed by atoms with Crippen LogP contribution in [0.1, 0.15) is 5.56 Å². The van der Waals surface area contributed by atoms with Gasteiger partial charge in [0, 0.05) is 18.3 Å². The molecular weight excluding hydrogens is 184 g/mol. The molecule has 0 unspecified atom stereocenters. The lowest BCUT2D eigenvalue weighted by molar-refractivity contribution is -0.107. The molecule has 4 heteroatoms. The van der Waals surface area contributed by atoms with Crippen molar-refractivity contribution in [2.75, 3.05) is 11.9 Å². The van der Waals surface area contributed by atoms with E-state index in [4.69, 9.17) is 18.0 Å². The Hall–Kier alpha value is -1.42. The van der Waals surface area contributed by atoms with Crippen LogP contribution in [0, 0.1) is 0 Å².